The number of hydrogen-bond acceptors (Lipinski definition) is 2. The van der Waals surface area contributed by atoms with Crippen LogP contribution in [0.1, 0.15) is 15.9 Å². The fraction of sp³-hybridized carbons (Fsp3) is 0.133. The van der Waals surface area contributed by atoms with Crippen LogP contribution in [-0.4, -0.2) is 17.6 Å². The van der Waals surface area contributed by atoms with Gasteiger partial charge in [0, 0.05) is 6.54 Å². The summed E-state index contributed by atoms with van der Waals surface area (Å²) in [6, 6.07) is 14.0. The van der Waals surface area contributed by atoms with Crippen LogP contribution >= 0.6 is 11.6 Å². The number of amides is 1. The van der Waals surface area contributed by atoms with Gasteiger partial charge in [0.2, 0.25) is 0 Å². The zero-order valence-corrected chi connectivity index (χ0v) is 11.0. The van der Waals surface area contributed by atoms with Crippen molar-refractivity contribution in [3.8, 4) is 5.75 Å². The molecule has 0 spiro atoms. The van der Waals surface area contributed by atoms with Crippen LogP contribution in [0.4, 0.5) is 0 Å². The van der Waals surface area contributed by atoms with E-state index < -0.39 is 0 Å². The molecular formula is C15H14ClNO2. The zero-order chi connectivity index (χ0) is 13.7. The largest absolute Gasteiger partial charge is 0.508 e. The number of rotatable bonds is 4. The molecule has 0 aliphatic heterocycles. The lowest BCUT2D eigenvalue weighted by molar-refractivity contribution is 0.0954. The van der Waals surface area contributed by atoms with Gasteiger partial charge in [-0.05, 0) is 30.2 Å². The maximum atomic E-state index is 11.9. The molecular weight excluding hydrogens is 262 g/mol. The predicted octanol–water partition coefficient (Wildman–Crippen LogP) is 3.02. The molecule has 3 nitrogen and oxygen atoms in total. The summed E-state index contributed by atoms with van der Waals surface area (Å²) >= 11 is 5.94. The Morgan fingerprint density at radius 1 is 1.11 bits per heavy atom. The quantitative estimate of drug-likeness (QED) is 0.901. The van der Waals surface area contributed by atoms with E-state index in [0.717, 1.165) is 5.56 Å². The van der Waals surface area contributed by atoms with E-state index in [2.05, 4.69) is 5.32 Å². The summed E-state index contributed by atoms with van der Waals surface area (Å²) in [5, 5.41) is 12.8. The molecule has 2 rings (SSSR count). The summed E-state index contributed by atoms with van der Waals surface area (Å²) in [5.74, 6) is 0.0375. The third kappa shape index (κ3) is 3.48. The zero-order valence-electron chi connectivity index (χ0n) is 10.3. The van der Waals surface area contributed by atoms with Crippen LogP contribution in [-0.2, 0) is 6.42 Å². The molecule has 0 aromatic heterocycles. The summed E-state index contributed by atoms with van der Waals surface area (Å²) in [7, 11) is 0. The van der Waals surface area contributed by atoms with Crippen molar-refractivity contribution in [2.24, 2.45) is 0 Å². The van der Waals surface area contributed by atoms with Crippen LogP contribution in [0.15, 0.2) is 48.5 Å². The van der Waals surface area contributed by atoms with Crippen LogP contribution in [0.2, 0.25) is 5.02 Å². The second kappa shape index (κ2) is 6.25. The van der Waals surface area contributed by atoms with E-state index in [1.54, 1.807) is 36.4 Å². The Morgan fingerprint density at radius 3 is 2.53 bits per heavy atom. The molecule has 0 aliphatic rings. The number of phenols is 1. The van der Waals surface area contributed by atoms with E-state index in [9.17, 15) is 9.90 Å². The average Bonchev–Trinajstić information content (AvgIpc) is 2.41. The number of phenolic OH excluding ortho intramolecular Hbond substituents is 1. The molecule has 0 bridgehead atoms. The minimum absolute atomic E-state index is 0.207. The fourth-order valence-corrected chi connectivity index (χ4v) is 2.00. The van der Waals surface area contributed by atoms with Crippen LogP contribution in [0, 0.1) is 0 Å². The van der Waals surface area contributed by atoms with Gasteiger partial charge in [-0.25, -0.2) is 0 Å². The maximum Gasteiger partial charge on any atom is 0.252 e. The molecule has 0 saturated carbocycles. The van der Waals surface area contributed by atoms with Crippen molar-refractivity contribution < 1.29 is 9.90 Å². The minimum atomic E-state index is -0.207. The lowest BCUT2D eigenvalue weighted by Gasteiger charge is -2.07. The Labute approximate surface area is 116 Å². The number of halogens is 1. The van der Waals surface area contributed by atoms with Gasteiger partial charge >= 0.3 is 0 Å². The van der Waals surface area contributed by atoms with E-state index in [-0.39, 0.29) is 11.7 Å². The summed E-state index contributed by atoms with van der Waals surface area (Å²) in [6.07, 6.45) is 0.572. The van der Waals surface area contributed by atoms with Gasteiger partial charge in [0.1, 0.15) is 5.75 Å². The second-order valence-corrected chi connectivity index (χ2v) is 4.52. The fourth-order valence-electron chi connectivity index (χ4n) is 1.77. The maximum absolute atomic E-state index is 11.9. The molecule has 0 unspecified atom stereocenters. The molecule has 4 heteroatoms. The van der Waals surface area contributed by atoms with Crippen LogP contribution in [0.25, 0.3) is 0 Å². The van der Waals surface area contributed by atoms with Crippen molar-refractivity contribution in [1.82, 2.24) is 5.32 Å². The highest BCUT2D eigenvalue weighted by Crippen LogP contribution is 2.16. The van der Waals surface area contributed by atoms with Gasteiger partial charge in [-0.2, -0.15) is 0 Å². The smallest absolute Gasteiger partial charge is 0.252 e. The van der Waals surface area contributed by atoms with Crippen molar-refractivity contribution in [2.45, 2.75) is 6.42 Å². The van der Waals surface area contributed by atoms with Crippen molar-refractivity contribution in [2.75, 3.05) is 6.54 Å². The molecule has 2 aromatic rings. The first-order valence-electron chi connectivity index (χ1n) is 5.98. The molecule has 0 radical (unpaired) electrons. The Morgan fingerprint density at radius 2 is 1.79 bits per heavy atom. The molecule has 2 aromatic carbocycles. The van der Waals surface area contributed by atoms with Gasteiger partial charge in [-0.3, -0.25) is 4.79 Å². The molecule has 0 fully saturated rings. The van der Waals surface area contributed by atoms with Gasteiger partial charge in [0.15, 0.2) is 0 Å². The third-order valence-electron chi connectivity index (χ3n) is 2.79. The van der Waals surface area contributed by atoms with Crippen molar-refractivity contribution in [3.63, 3.8) is 0 Å². The highest BCUT2D eigenvalue weighted by Gasteiger charge is 2.08. The normalized spacial score (nSPS) is 10.2. The number of para-hydroxylation sites is 1. The number of carbonyl (C=O) groups is 1. The average molecular weight is 276 g/mol. The Bertz CT molecular complexity index is 584. The molecule has 0 saturated heterocycles. The minimum Gasteiger partial charge on any atom is -0.508 e. The van der Waals surface area contributed by atoms with E-state index in [1.807, 2.05) is 12.1 Å². The van der Waals surface area contributed by atoms with E-state index in [0.29, 0.717) is 23.6 Å². The van der Waals surface area contributed by atoms with E-state index in [4.69, 9.17) is 11.6 Å². The molecule has 98 valence electrons. The monoisotopic (exact) mass is 275 g/mol. The van der Waals surface area contributed by atoms with Gasteiger partial charge < -0.3 is 10.4 Å². The first kappa shape index (κ1) is 13.4. The Kier molecular flexibility index (Phi) is 4.42. The van der Waals surface area contributed by atoms with Gasteiger partial charge in [-0.1, -0.05) is 41.9 Å². The SMILES string of the molecule is O=C(NCCc1ccccc1O)c1ccccc1Cl. The van der Waals surface area contributed by atoms with Gasteiger partial charge in [0.25, 0.3) is 5.91 Å². The molecule has 1 amide bonds. The molecule has 2 N–H and O–H groups in total. The number of nitrogens with one attached hydrogen (secondary N) is 1. The third-order valence-corrected chi connectivity index (χ3v) is 3.12. The van der Waals surface area contributed by atoms with Gasteiger partial charge in [0.05, 0.1) is 10.6 Å². The van der Waals surface area contributed by atoms with Crippen molar-refractivity contribution >= 4 is 17.5 Å². The number of hydrogen-bond donors (Lipinski definition) is 2. The summed E-state index contributed by atoms with van der Waals surface area (Å²) < 4.78 is 0. The number of aromatic hydroxyl groups is 1. The molecule has 19 heavy (non-hydrogen) atoms. The van der Waals surface area contributed by atoms with Crippen molar-refractivity contribution in [3.05, 3.63) is 64.7 Å². The molecule has 0 heterocycles. The lowest BCUT2D eigenvalue weighted by atomic mass is 10.1. The topological polar surface area (TPSA) is 49.3 Å². The van der Waals surface area contributed by atoms with E-state index in [1.165, 1.54) is 0 Å². The Balaban J connectivity index is 1.92. The van der Waals surface area contributed by atoms with Crippen LogP contribution < -0.4 is 5.32 Å². The molecule has 0 aliphatic carbocycles. The molecule has 0 atom stereocenters. The summed E-state index contributed by atoms with van der Waals surface area (Å²) in [4.78, 5) is 11.9. The second-order valence-electron chi connectivity index (χ2n) is 4.11. The summed E-state index contributed by atoms with van der Waals surface area (Å²) in [6.45, 7) is 0.446. The highest BCUT2D eigenvalue weighted by molar-refractivity contribution is 6.33. The first-order valence-corrected chi connectivity index (χ1v) is 6.36. The van der Waals surface area contributed by atoms with Gasteiger partial charge in [-0.15, -0.1) is 0 Å². The van der Waals surface area contributed by atoms with Crippen LogP contribution in [0.5, 0.6) is 5.75 Å². The number of benzene rings is 2. The predicted molar refractivity (Wildman–Crippen MR) is 75.6 cm³/mol. The van der Waals surface area contributed by atoms with Crippen LogP contribution in [0.3, 0.4) is 0 Å². The number of carbonyl (C=O) groups excluding carboxylic acids is 1. The lowest BCUT2D eigenvalue weighted by Crippen LogP contribution is -2.25. The highest BCUT2D eigenvalue weighted by atomic mass is 35.5. The standard InChI is InChI=1S/C15H14ClNO2/c16-13-7-3-2-6-12(13)15(19)17-10-9-11-5-1-4-8-14(11)18/h1-8,18H,9-10H2,(H,17,19). The Hall–Kier alpha value is -2.00. The summed E-state index contributed by atoms with van der Waals surface area (Å²) in [5.41, 5.74) is 1.27. The van der Waals surface area contributed by atoms with Crippen molar-refractivity contribution in [1.29, 1.82) is 0 Å². The first-order chi connectivity index (χ1) is 9.18. The van der Waals surface area contributed by atoms with E-state index >= 15 is 0 Å².